The van der Waals surface area contributed by atoms with E-state index < -0.39 is 29.6 Å². The molecule has 3 aromatic rings. The molecule has 0 aliphatic carbocycles. The molecule has 2 heterocycles. The average molecular weight is 572 g/mol. The van der Waals surface area contributed by atoms with Crippen LogP contribution in [0.4, 0.5) is 14.9 Å². The molecule has 1 aliphatic heterocycles. The van der Waals surface area contributed by atoms with Crippen LogP contribution in [0.5, 0.6) is 5.75 Å². The Hall–Kier alpha value is -4.45. The van der Waals surface area contributed by atoms with Gasteiger partial charge >= 0.3 is 12.0 Å². The van der Waals surface area contributed by atoms with Gasteiger partial charge in [0.15, 0.2) is 6.61 Å². The molecule has 0 spiro atoms. The molecule has 1 fully saturated rings. The van der Waals surface area contributed by atoms with Crippen molar-refractivity contribution in [3.05, 3.63) is 87.7 Å². The van der Waals surface area contributed by atoms with Crippen molar-refractivity contribution in [3.8, 4) is 5.75 Å². The zero-order valence-electron chi connectivity index (χ0n) is 19.2. The Kier molecular flexibility index (Phi) is 7.68. The summed E-state index contributed by atoms with van der Waals surface area (Å²) in [7, 11) is 1.21. The van der Waals surface area contributed by atoms with Gasteiger partial charge in [0.25, 0.3) is 11.8 Å². The second kappa shape index (κ2) is 11.1. The van der Waals surface area contributed by atoms with Crippen molar-refractivity contribution in [1.82, 2.24) is 10.2 Å². The van der Waals surface area contributed by atoms with Gasteiger partial charge in [-0.05, 0) is 60.7 Å². The maximum atomic E-state index is 13.0. The summed E-state index contributed by atoms with van der Waals surface area (Å²) in [5, 5.41) is 5.08. The summed E-state index contributed by atoms with van der Waals surface area (Å²) in [4.78, 5) is 50.1. The second-order valence-electron chi connectivity index (χ2n) is 7.66. The standard InChI is InChI=1S/C25H19BrFN3O7/c1-35-24(33)21-9-7-18(37-21)12-30-23(32)19(29-25(30)34)11-14-10-15(26)2-8-20(14)36-13-22(31)28-17-5-3-16(27)4-6-17/h2-11H,12-13H2,1H3,(H,28,31)(H,29,34)/b19-11-. The number of anilines is 1. The van der Waals surface area contributed by atoms with Gasteiger partial charge in [-0.2, -0.15) is 0 Å². The van der Waals surface area contributed by atoms with Gasteiger partial charge in [-0.15, -0.1) is 0 Å². The van der Waals surface area contributed by atoms with Crippen LogP contribution in [0.25, 0.3) is 6.08 Å². The summed E-state index contributed by atoms with van der Waals surface area (Å²) >= 11 is 3.35. The van der Waals surface area contributed by atoms with Crippen LogP contribution in [0.1, 0.15) is 21.9 Å². The number of methoxy groups -OCH3 is 1. The fraction of sp³-hybridized carbons (Fsp3) is 0.120. The fourth-order valence-electron chi connectivity index (χ4n) is 3.34. The van der Waals surface area contributed by atoms with Gasteiger partial charge in [0, 0.05) is 15.7 Å². The van der Waals surface area contributed by atoms with Crippen LogP contribution in [-0.2, 0) is 20.9 Å². The number of rotatable bonds is 8. The van der Waals surface area contributed by atoms with Gasteiger partial charge in [0.1, 0.15) is 23.0 Å². The topological polar surface area (TPSA) is 127 Å². The molecule has 10 nitrogen and oxygen atoms in total. The fourth-order valence-corrected chi connectivity index (χ4v) is 3.72. The molecular weight excluding hydrogens is 553 g/mol. The number of esters is 1. The molecule has 4 rings (SSSR count). The van der Waals surface area contributed by atoms with E-state index in [0.717, 1.165) is 4.90 Å². The number of nitrogens with zero attached hydrogens (tertiary/aromatic N) is 1. The Bertz CT molecular complexity index is 1400. The van der Waals surface area contributed by atoms with Crippen LogP contribution in [-0.4, -0.2) is 42.4 Å². The first kappa shape index (κ1) is 25.6. The molecule has 190 valence electrons. The Morgan fingerprint density at radius 3 is 2.62 bits per heavy atom. The van der Waals surface area contributed by atoms with Crippen molar-refractivity contribution < 1.29 is 37.5 Å². The second-order valence-corrected chi connectivity index (χ2v) is 8.58. The van der Waals surface area contributed by atoms with Gasteiger partial charge in [-0.1, -0.05) is 15.9 Å². The van der Waals surface area contributed by atoms with Crippen molar-refractivity contribution >= 4 is 51.5 Å². The molecule has 1 saturated heterocycles. The van der Waals surface area contributed by atoms with Gasteiger partial charge < -0.3 is 24.5 Å². The van der Waals surface area contributed by atoms with E-state index in [1.165, 1.54) is 49.6 Å². The molecule has 1 aliphatic rings. The van der Waals surface area contributed by atoms with E-state index in [1.807, 2.05) is 0 Å². The number of halogens is 2. The predicted molar refractivity (Wildman–Crippen MR) is 132 cm³/mol. The molecular formula is C25H19BrFN3O7. The highest BCUT2D eigenvalue weighted by molar-refractivity contribution is 9.10. The lowest BCUT2D eigenvalue weighted by atomic mass is 10.1. The number of hydrogen-bond donors (Lipinski definition) is 2. The molecule has 4 amide bonds. The molecule has 0 atom stereocenters. The molecule has 37 heavy (non-hydrogen) atoms. The smallest absolute Gasteiger partial charge is 0.373 e. The maximum absolute atomic E-state index is 13.0. The molecule has 1 aromatic heterocycles. The maximum Gasteiger partial charge on any atom is 0.373 e. The van der Waals surface area contributed by atoms with E-state index in [4.69, 9.17) is 9.15 Å². The van der Waals surface area contributed by atoms with E-state index in [0.29, 0.717) is 15.7 Å². The molecule has 0 bridgehead atoms. The molecule has 0 saturated carbocycles. The summed E-state index contributed by atoms with van der Waals surface area (Å²) in [5.74, 6) is -1.78. The number of benzene rings is 2. The van der Waals surface area contributed by atoms with E-state index in [2.05, 4.69) is 31.3 Å². The minimum Gasteiger partial charge on any atom is -0.483 e. The number of urea groups is 1. The molecule has 12 heteroatoms. The molecule has 2 N–H and O–H groups in total. The largest absolute Gasteiger partial charge is 0.483 e. The first-order chi connectivity index (χ1) is 17.7. The minimum absolute atomic E-state index is 0.0246. The first-order valence-electron chi connectivity index (χ1n) is 10.7. The average Bonchev–Trinajstić information content (AvgIpc) is 3.45. The number of carbonyl (C=O) groups excluding carboxylic acids is 4. The highest BCUT2D eigenvalue weighted by atomic mass is 79.9. The minimum atomic E-state index is -0.683. The summed E-state index contributed by atoms with van der Waals surface area (Å²) in [6.45, 7) is -0.562. The van der Waals surface area contributed by atoms with Crippen LogP contribution in [0.2, 0.25) is 0 Å². The number of carbonyl (C=O) groups is 4. The molecule has 0 radical (unpaired) electrons. The number of ether oxygens (including phenoxy) is 2. The summed E-state index contributed by atoms with van der Waals surface area (Å²) < 4.78 is 29.3. The SMILES string of the molecule is COC(=O)c1ccc(CN2C(=O)N/C(=C\c3cc(Br)ccc3OCC(=O)Nc3ccc(F)cc3)C2=O)o1. The molecule has 0 unspecified atom stereocenters. The van der Waals surface area contributed by atoms with E-state index >= 15 is 0 Å². The van der Waals surface area contributed by atoms with Crippen molar-refractivity contribution in [2.75, 3.05) is 19.0 Å². The van der Waals surface area contributed by atoms with Crippen molar-refractivity contribution in [2.24, 2.45) is 0 Å². The lowest BCUT2D eigenvalue weighted by molar-refractivity contribution is -0.123. The normalized spacial score (nSPS) is 14.0. The zero-order valence-corrected chi connectivity index (χ0v) is 20.8. The number of hydrogen-bond acceptors (Lipinski definition) is 7. The number of amides is 4. The zero-order chi connectivity index (χ0) is 26.5. The molecule has 2 aromatic carbocycles. The number of imide groups is 1. The highest BCUT2D eigenvalue weighted by Gasteiger charge is 2.34. The Balaban J connectivity index is 1.46. The van der Waals surface area contributed by atoms with Gasteiger partial charge in [-0.3, -0.25) is 14.5 Å². The monoisotopic (exact) mass is 571 g/mol. The van der Waals surface area contributed by atoms with Crippen molar-refractivity contribution in [3.63, 3.8) is 0 Å². The van der Waals surface area contributed by atoms with E-state index in [-0.39, 0.29) is 36.1 Å². The highest BCUT2D eigenvalue weighted by Crippen LogP contribution is 2.27. The lowest BCUT2D eigenvalue weighted by Crippen LogP contribution is -2.30. The Morgan fingerprint density at radius 2 is 1.89 bits per heavy atom. The van der Waals surface area contributed by atoms with Crippen LogP contribution in [0.3, 0.4) is 0 Å². The first-order valence-corrected chi connectivity index (χ1v) is 11.5. The summed E-state index contributed by atoms with van der Waals surface area (Å²) in [5.41, 5.74) is 0.798. The summed E-state index contributed by atoms with van der Waals surface area (Å²) in [6, 6.07) is 12.4. The van der Waals surface area contributed by atoms with Crippen LogP contribution in [0, 0.1) is 5.82 Å². The lowest BCUT2D eigenvalue weighted by Gasteiger charge is -2.11. The Labute approximate surface area is 218 Å². The quantitative estimate of drug-likeness (QED) is 0.237. The van der Waals surface area contributed by atoms with Crippen molar-refractivity contribution in [1.29, 1.82) is 0 Å². The van der Waals surface area contributed by atoms with Crippen LogP contribution < -0.4 is 15.4 Å². The third kappa shape index (κ3) is 6.22. The van der Waals surface area contributed by atoms with E-state index in [1.54, 1.807) is 18.2 Å². The van der Waals surface area contributed by atoms with Crippen molar-refractivity contribution in [2.45, 2.75) is 6.54 Å². The predicted octanol–water partition coefficient (Wildman–Crippen LogP) is 4.08. The third-order valence-corrected chi connectivity index (χ3v) is 5.58. The van der Waals surface area contributed by atoms with Crippen LogP contribution in [0.15, 0.2) is 69.2 Å². The third-order valence-electron chi connectivity index (χ3n) is 5.08. The summed E-state index contributed by atoms with van der Waals surface area (Å²) in [6.07, 6.45) is 1.42. The van der Waals surface area contributed by atoms with Gasteiger partial charge in [0.2, 0.25) is 5.76 Å². The number of furan rings is 1. The van der Waals surface area contributed by atoms with Crippen LogP contribution >= 0.6 is 15.9 Å². The Morgan fingerprint density at radius 1 is 1.14 bits per heavy atom. The number of nitrogens with one attached hydrogen (secondary N) is 2. The van der Waals surface area contributed by atoms with E-state index in [9.17, 15) is 23.6 Å². The van der Waals surface area contributed by atoms with Gasteiger partial charge in [0.05, 0.1) is 13.7 Å². The van der Waals surface area contributed by atoms with Gasteiger partial charge in [-0.25, -0.2) is 14.0 Å².